The van der Waals surface area contributed by atoms with E-state index in [1.807, 2.05) is 13.8 Å². The highest BCUT2D eigenvalue weighted by Gasteiger charge is 2.25. The lowest BCUT2D eigenvalue weighted by Gasteiger charge is -2.22. The van der Waals surface area contributed by atoms with Crippen LogP contribution in [0.2, 0.25) is 4.47 Å². The Kier molecular flexibility index (Phi) is 5.68. The highest BCUT2D eigenvalue weighted by Crippen LogP contribution is 2.15. The fourth-order valence-corrected chi connectivity index (χ4v) is 2.25. The van der Waals surface area contributed by atoms with Crippen molar-refractivity contribution in [3.63, 3.8) is 0 Å². The van der Waals surface area contributed by atoms with Crippen LogP contribution in [0.4, 0.5) is 0 Å². The van der Waals surface area contributed by atoms with E-state index in [1.54, 1.807) is 14.1 Å². The lowest BCUT2D eigenvalue weighted by Crippen LogP contribution is -2.46. The van der Waals surface area contributed by atoms with Gasteiger partial charge in [-0.05, 0) is 23.9 Å². The van der Waals surface area contributed by atoms with E-state index >= 15 is 0 Å². The maximum atomic E-state index is 12.0. The van der Waals surface area contributed by atoms with Crippen LogP contribution in [0.3, 0.4) is 0 Å². The van der Waals surface area contributed by atoms with Crippen molar-refractivity contribution in [2.45, 2.75) is 26.3 Å². The first-order valence-electron chi connectivity index (χ1n) is 5.82. The van der Waals surface area contributed by atoms with Gasteiger partial charge in [-0.2, -0.15) is 0 Å². The van der Waals surface area contributed by atoms with Crippen LogP contribution < -0.4 is 5.32 Å². The Balaban J connectivity index is 2.77. The zero-order valence-electron chi connectivity index (χ0n) is 11.3. The van der Waals surface area contributed by atoms with Crippen molar-refractivity contribution in [1.29, 1.82) is 0 Å². The molecule has 0 aliphatic rings. The molecular formula is C11H17ClN4O2S. The number of hydrogen-bond donors (Lipinski definition) is 1. The molecule has 0 spiro atoms. The molecule has 0 fully saturated rings. The predicted octanol–water partition coefficient (Wildman–Crippen LogP) is 1.42. The second-order valence-electron chi connectivity index (χ2n) is 4.75. The van der Waals surface area contributed by atoms with Crippen molar-refractivity contribution < 1.29 is 9.59 Å². The van der Waals surface area contributed by atoms with Gasteiger partial charge in [0, 0.05) is 14.1 Å². The summed E-state index contributed by atoms with van der Waals surface area (Å²) in [6, 6.07) is -0.565. The summed E-state index contributed by atoms with van der Waals surface area (Å²) in [5.74, 6) is -0.282. The normalized spacial score (nSPS) is 12.3. The molecule has 8 heteroatoms. The van der Waals surface area contributed by atoms with Crippen LogP contribution in [-0.4, -0.2) is 47.0 Å². The molecular weight excluding hydrogens is 288 g/mol. The van der Waals surface area contributed by atoms with Gasteiger partial charge in [0.15, 0.2) is 0 Å². The van der Waals surface area contributed by atoms with E-state index in [9.17, 15) is 9.59 Å². The number of nitrogens with one attached hydrogen (secondary N) is 1. The molecule has 0 aliphatic carbocycles. The molecule has 0 saturated carbocycles. The fourth-order valence-electron chi connectivity index (χ4n) is 1.52. The molecule has 1 aromatic heterocycles. The minimum Gasteiger partial charge on any atom is -0.347 e. The predicted molar refractivity (Wildman–Crippen MR) is 74.3 cm³/mol. The number of aromatic nitrogens is 2. The van der Waals surface area contributed by atoms with E-state index in [2.05, 4.69) is 15.5 Å². The number of carbonyl (C=O) groups excluding carboxylic acids is 2. The van der Waals surface area contributed by atoms with Gasteiger partial charge in [0.25, 0.3) is 5.91 Å². The number of nitrogens with zero attached hydrogens (tertiary/aromatic N) is 3. The quantitative estimate of drug-likeness (QED) is 0.893. The molecule has 1 heterocycles. The minimum atomic E-state index is -0.565. The summed E-state index contributed by atoms with van der Waals surface area (Å²) in [5, 5.41) is 10.1. The second-order valence-corrected chi connectivity index (χ2v) is 6.31. The van der Waals surface area contributed by atoms with Crippen LogP contribution in [0.15, 0.2) is 0 Å². The SMILES string of the molecule is CC(C)CC(NC(=O)c1nnc(Cl)s1)C(=O)N(C)C. The standard InChI is InChI=1S/C11H17ClN4O2S/c1-6(2)5-7(10(18)16(3)4)13-8(17)9-14-15-11(12)19-9/h6-7H,5H2,1-4H3,(H,13,17). The maximum Gasteiger partial charge on any atom is 0.282 e. The molecule has 19 heavy (non-hydrogen) atoms. The summed E-state index contributed by atoms with van der Waals surface area (Å²) < 4.78 is 0.199. The Morgan fingerprint density at radius 2 is 2.00 bits per heavy atom. The van der Waals surface area contributed by atoms with Gasteiger partial charge in [0.1, 0.15) is 6.04 Å². The van der Waals surface area contributed by atoms with Gasteiger partial charge < -0.3 is 10.2 Å². The molecule has 2 amide bonds. The first kappa shape index (κ1) is 15.8. The molecule has 106 valence electrons. The van der Waals surface area contributed by atoms with Gasteiger partial charge in [-0.15, -0.1) is 10.2 Å². The number of rotatable bonds is 5. The van der Waals surface area contributed by atoms with Crippen LogP contribution in [0.1, 0.15) is 30.1 Å². The highest BCUT2D eigenvalue weighted by molar-refractivity contribution is 7.17. The Labute approximate surface area is 121 Å². The Hall–Kier alpha value is -1.21. The lowest BCUT2D eigenvalue weighted by molar-refractivity contribution is -0.131. The van der Waals surface area contributed by atoms with E-state index in [-0.39, 0.29) is 21.3 Å². The molecule has 0 bridgehead atoms. The molecule has 0 radical (unpaired) electrons. The number of amides is 2. The monoisotopic (exact) mass is 304 g/mol. The molecule has 0 saturated heterocycles. The number of halogens is 1. The third-order valence-corrected chi connectivity index (χ3v) is 3.36. The summed E-state index contributed by atoms with van der Waals surface area (Å²) in [6.45, 7) is 3.98. The third-order valence-electron chi connectivity index (χ3n) is 2.35. The molecule has 1 N–H and O–H groups in total. The van der Waals surface area contributed by atoms with Gasteiger partial charge in [-0.25, -0.2) is 0 Å². The molecule has 6 nitrogen and oxygen atoms in total. The Bertz CT molecular complexity index is 461. The van der Waals surface area contributed by atoms with Gasteiger partial charge in [0.05, 0.1) is 0 Å². The number of carbonyl (C=O) groups is 2. The molecule has 1 rings (SSSR count). The summed E-state index contributed by atoms with van der Waals surface area (Å²) in [7, 11) is 3.31. The Morgan fingerprint density at radius 1 is 1.37 bits per heavy atom. The summed E-state index contributed by atoms with van der Waals surface area (Å²) in [5.41, 5.74) is 0. The van der Waals surface area contributed by atoms with Crippen LogP contribution in [0.25, 0.3) is 0 Å². The zero-order valence-corrected chi connectivity index (χ0v) is 12.9. The molecule has 1 aromatic rings. The summed E-state index contributed by atoms with van der Waals surface area (Å²) in [6.07, 6.45) is 0.565. The second kappa shape index (κ2) is 6.81. The first-order chi connectivity index (χ1) is 8.81. The van der Waals surface area contributed by atoms with Crippen molar-refractivity contribution in [2.75, 3.05) is 14.1 Å². The van der Waals surface area contributed by atoms with Crippen LogP contribution >= 0.6 is 22.9 Å². The van der Waals surface area contributed by atoms with E-state index in [1.165, 1.54) is 4.90 Å². The van der Waals surface area contributed by atoms with E-state index in [4.69, 9.17) is 11.6 Å². The Morgan fingerprint density at radius 3 is 2.42 bits per heavy atom. The van der Waals surface area contributed by atoms with E-state index in [0.29, 0.717) is 6.42 Å². The summed E-state index contributed by atoms with van der Waals surface area (Å²) >= 11 is 6.61. The van der Waals surface area contributed by atoms with Gasteiger partial charge >= 0.3 is 0 Å². The van der Waals surface area contributed by atoms with Crippen molar-refractivity contribution in [1.82, 2.24) is 20.4 Å². The van der Waals surface area contributed by atoms with Crippen LogP contribution in [0, 0.1) is 5.92 Å². The smallest absolute Gasteiger partial charge is 0.282 e. The molecule has 0 aromatic carbocycles. The molecule has 1 atom stereocenters. The zero-order chi connectivity index (χ0) is 14.6. The number of likely N-dealkylation sites (N-methyl/N-ethyl adjacent to an activating group) is 1. The van der Waals surface area contributed by atoms with Crippen LogP contribution in [-0.2, 0) is 4.79 Å². The minimum absolute atomic E-state index is 0.141. The van der Waals surface area contributed by atoms with Crippen molar-refractivity contribution in [3.8, 4) is 0 Å². The molecule has 0 aliphatic heterocycles. The number of hydrogen-bond acceptors (Lipinski definition) is 5. The maximum absolute atomic E-state index is 12.0. The highest BCUT2D eigenvalue weighted by atomic mass is 35.5. The van der Waals surface area contributed by atoms with Crippen LogP contribution in [0.5, 0.6) is 0 Å². The van der Waals surface area contributed by atoms with Crippen molar-refractivity contribution in [2.24, 2.45) is 5.92 Å². The summed E-state index contributed by atoms with van der Waals surface area (Å²) in [4.78, 5) is 25.4. The molecule has 1 unspecified atom stereocenters. The average molecular weight is 305 g/mol. The lowest BCUT2D eigenvalue weighted by atomic mass is 10.0. The van der Waals surface area contributed by atoms with E-state index in [0.717, 1.165) is 11.3 Å². The van der Waals surface area contributed by atoms with Gasteiger partial charge in [-0.3, -0.25) is 9.59 Å². The first-order valence-corrected chi connectivity index (χ1v) is 7.01. The average Bonchev–Trinajstić information content (AvgIpc) is 2.73. The van der Waals surface area contributed by atoms with E-state index < -0.39 is 11.9 Å². The van der Waals surface area contributed by atoms with Crippen molar-refractivity contribution in [3.05, 3.63) is 9.47 Å². The third kappa shape index (κ3) is 4.76. The van der Waals surface area contributed by atoms with Crippen molar-refractivity contribution >= 4 is 34.8 Å². The topological polar surface area (TPSA) is 75.2 Å². The van der Waals surface area contributed by atoms with Gasteiger partial charge in [0.2, 0.25) is 15.4 Å². The van der Waals surface area contributed by atoms with Gasteiger partial charge in [-0.1, -0.05) is 25.2 Å². The fraction of sp³-hybridized carbons (Fsp3) is 0.636. The largest absolute Gasteiger partial charge is 0.347 e.